The van der Waals surface area contributed by atoms with Crippen LogP contribution in [0.15, 0.2) is 65.4 Å². The van der Waals surface area contributed by atoms with Crippen molar-refractivity contribution in [1.82, 2.24) is 20.4 Å². The maximum absolute atomic E-state index is 12.9. The van der Waals surface area contributed by atoms with Crippen molar-refractivity contribution in [2.75, 3.05) is 18.0 Å². The minimum Gasteiger partial charge on any atom is -0.356 e. The second-order valence-corrected chi connectivity index (χ2v) is 9.47. The van der Waals surface area contributed by atoms with E-state index in [0.717, 1.165) is 61.2 Å². The first-order valence-electron chi connectivity index (χ1n) is 12.3. The van der Waals surface area contributed by atoms with Gasteiger partial charge in [-0.25, -0.2) is 4.98 Å². The van der Waals surface area contributed by atoms with Crippen molar-refractivity contribution in [3.63, 3.8) is 0 Å². The molecule has 0 bridgehead atoms. The number of amides is 1. The van der Waals surface area contributed by atoms with Gasteiger partial charge in [0.15, 0.2) is 0 Å². The van der Waals surface area contributed by atoms with Crippen LogP contribution in [0.4, 0.5) is 5.82 Å². The smallest absolute Gasteiger partial charge is 0.263 e. The second kappa shape index (κ2) is 10.3. The van der Waals surface area contributed by atoms with Crippen molar-refractivity contribution in [2.24, 2.45) is 5.92 Å². The van der Waals surface area contributed by atoms with Crippen molar-refractivity contribution < 1.29 is 9.32 Å². The molecule has 5 rings (SSSR count). The van der Waals surface area contributed by atoms with Crippen LogP contribution in [-0.2, 0) is 11.2 Å². The van der Waals surface area contributed by atoms with E-state index in [-0.39, 0.29) is 17.9 Å². The molecule has 1 atom stereocenters. The first-order valence-corrected chi connectivity index (χ1v) is 12.3. The Hall–Kier alpha value is -3.74. The van der Waals surface area contributed by atoms with E-state index in [1.54, 1.807) is 0 Å². The molecule has 7 nitrogen and oxygen atoms in total. The molecule has 1 N–H and O–H groups in total. The Morgan fingerprint density at radius 1 is 1.09 bits per heavy atom. The second-order valence-electron chi connectivity index (χ2n) is 9.47. The van der Waals surface area contributed by atoms with Crippen LogP contribution in [-0.4, -0.2) is 40.2 Å². The van der Waals surface area contributed by atoms with Gasteiger partial charge in [-0.05, 0) is 45.1 Å². The van der Waals surface area contributed by atoms with Crippen molar-refractivity contribution in [2.45, 2.75) is 45.6 Å². The van der Waals surface area contributed by atoms with E-state index in [0.29, 0.717) is 5.71 Å². The van der Waals surface area contributed by atoms with Crippen molar-refractivity contribution in [3.8, 4) is 11.3 Å². The van der Waals surface area contributed by atoms with E-state index >= 15 is 0 Å². The molecule has 1 amide bonds. The fourth-order valence-corrected chi connectivity index (χ4v) is 4.73. The van der Waals surface area contributed by atoms with Crippen LogP contribution in [0, 0.1) is 12.8 Å². The summed E-state index contributed by atoms with van der Waals surface area (Å²) in [6.45, 7) is 5.65. The lowest BCUT2D eigenvalue weighted by Gasteiger charge is -2.32. The highest BCUT2D eigenvalue weighted by atomic mass is 16.5. The zero-order chi connectivity index (χ0) is 24.2. The third-order valence-corrected chi connectivity index (χ3v) is 6.84. The number of aromatic nitrogens is 3. The number of anilines is 1. The number of nitrogens with zero attached hydrogens (tertiary/aromatic N) is 4. The summed E-state index contributed by atoms with van der Waals surface area (Å²) < 4.78 is 5.53. The molecule has 35 heavy (non-hydrogen) atoms. The number of carbonyl (C=O) groups excluding carboxylic acids is 1. The number of rotatable bonds is 7. The largest absolute Gasteiger partial charge is 0.356 e. The highest BCUT2D eigenvalue weighted by molar-refractivity contribution is 5.98. The minimum absolute atomic E-state index is 0.0156. The number of fused-ring (bicyclic) bond motifs is 1. The normalized spacial score (nSPS) is 15.3. The molecular formula is C28H31N5O2. The van der Waals surface area contributed by atoms with Crippen LogP contribution in [0.2, 0.25) is 0 Å². The Labute approximate surface area is 205 Å². The van der Waals surface area contributed by atoms with Gasteiger partial charge in [-0.2, -0.15) is 4.98 Å². The fourth-order valence-electron chi connectivity index (χ4n) is 4.73. The Kier molecular flexibility index (Phi) is 6.75. The topological polar surface area (TPSA) is 84.2 Å². The third-order valence-electron chi connectivity index (χ3n) is 6.84. The van der Waals surface area contributed by atoms with E-state index in [2.05, 4.69) is 75.6 Å². The van der Waals surface area contributed by atoms with Crippen LogP contribution < -0.4 is 10.2 Å². The van der Waals surface area contributed by atoms with Crippen LogP contribution >= 0.6 is 0 Å². The summed E-state index contributed by atoms with van der Waals surface area (Å²) in [4.78, 5) is 24.0. The molecule has 0 radical (unpaired) electrons. The van der Waals surface area contributed by atoms with Crippen LogP contribution in [0.1, 0.15) is 37.3 Å². The van der Waals surface area contributed by atoms with Gasteiger partial charge in [0, 0.05) is 30.6 Å². The number of piperidine rings is 1. The molecule has 0 unspecified atom stereocenters. The van der Waals surface area contributed by atoms with Crippen LogP contribution in [0.5, 0.6) is 0 Å². The molecule has 1 aliphatic heterocycles. The fraction of sp³-hybridized carbons (Fsp3) is 0.357. The summed E-state index contributed by atoms with van der Waals surface area (Å²) in [5.74, 6) is 0.993. The molecule has 0 spiro atoms. The molecule has 2 aromatic heterocycles. The summed E-state index contributed by atoms with van der Waals surface area (Å²) in [7, 11) is 0. The zero-order valence-electron chi connectivity index (χ0n) is 20.3. The Morgan fingerprint density at radius 3 is 2.57 bits per heavy atom. The Balaban J connectivity index is 1.22. The molecule has 1 aliphatic rings. The maximum Gasteiger partial charge on any atom is 0.263 e. The van der Waals surface area contributed by atoms with Gasteiger partial charge in [-0.1, -0.05) is 65.3 Å². The molecule has 3 heterocycles. The predicted molar refractivity (Wildman–Crippen MR) is 137 cm³/mol. The molecule has 0 saturated carbocycles. The summed E-state index contributed by atoms with van der Waals surface area (Å²) >= 11 is 0. The lowest BCUT2D eigenvalue weighted by molar-refractivity contribution is -0.126. The molecule has 7 heteroatoms. The van der Waals surface area contributed by atoms with Gasteiger partial charge in [0.05, 0.1) is 0 Å². The predicted octanol–water partition coefficient (Wildman–Crippen LogP) is 4.95. The van der Waals surface area contributed by atoms with Crippen LogP contribution in [0.3, 0.4) is 0 Å². The lowest BCUT2D eigenvalue weighted by Crippen LogP contribution is -2.43. The SMILES string of the molecule is Cc1ccc(-c2noc3ncnc(N4CCC(C(=O)N[C@H](C)CCc5ccccc5)CC4)c23)cc1. The van der Waals surface area contributed by atoms with Crippen molar-refractivity contribution in [1.29, 1.82) is 0 Å². The van der Waals surface area contributed by atoms with Gasteiger partial charge < -0.3 is 14.7 Å². The number of hydrogen-bond donors (Lipinski definition) is 1. The number of aryl methyl sites for hydroxylation is 2. The van der Waals surface area contributed by atoms with Crippen LogP contribution in [0.25, 0.3) is 22.4 Å². The lowest BCUT2D eigenvalue weighted by atomic mass is 9.95. The summed E-state index contributed by atoms with van der Waals surface area (Å²) in [6.07, 6.45) is 4.99. The standard InChI is InChI=1S/C28H31N5O2/c1-19-8-12-22(13-9-19)25-24-26(29-18-30-28(24)35-32-25)33-16-14-23(15-17-33)27(34)31-20(2)10-11-21-6-4-3-5-7-21/h3-9,12-13,18,20,23H,10-11,14-17H2,1-2H3,(H,31,34)/t20-/m1/s1. The number of carbonyl (C=O) groups is 1. The summed E-state index contributed by atoms with van der Waals surface area (Å²) in [5, 5.41) is 8.35. The van der Waals surface area contributed by atoms with E-state index in [9.17, 15) is 4.79 Å². The van der Waals surface area contributed by atoms with Gasteiger partial charge in [0.2, 0.25) is 5.91 Å². The number of nitrogens with one attached hydrogen (secondary N) is 1. The highest BCUT2D eigenvalue weighted by Crippen LogP contribution is 2.34. The number of hydrogen-bond acceptors (Lipinski definition) is 6. The van der Waals surface area contributed by atoms with Crippen molar-refractivity contribution >= 4 is 22.8 Å². The third kappa shape index (κ3) is 5.19. The highest BCUT2D eigenvalue weighted by Gasteiger charge is 2.28. The molecule has 0 aliphatic carbocycles. The average molecular weight is 470 g/mol. The monoisotopic (exact) mass is 469 g/mol. The average Bonchev–Trinajstić information content (AvgIpc) is 3.33. The van der Waals surface area contributed by atoms with Crippen molar-refractivity contribution in [3.05, 3.63) is 72.1 Å². The van der Waals surface area contributed by atoms with E-state index in [4.69, 9.17) is 4.52 Å². The number of benzene rings is 2. The molecule has 2 aromatic carbocycles. The van der Waals surface area contributed by atoms with Gasteiger partial charge in [-0.3, -0.25) is 4.79 Å². The Bertz CT molecular complexity index is 1280. The maximum atomic E-state index is 12.9. The molecule has 1 saturated heterocycles. The van der Waals surface area contributed by atoms with Gasteiger partial charge in [-0.15, -0.1) is 0 Å². The molecule has 1 fully saturated rings. The van der Waals surface area contributed by atoms with Gasteiger partial charge >= 0.3 is 0 Å². The zero-order valence-corrected chi connectivity index (χ0v) is 20.3. The van der Waals surface area contributed by atoms with E-state index < -0.39 is 0 Å². The molecule has 4 aromatic rings. The van der Waals surface area contributed by atoms with Gasteiger partial charge in [0.25, 0.3) is 5.71 Å². The van der Waals surface area contributed by atoms with E-state index in [1.165, 1.54) is 17.5 Å². The van der Waals surface area contributed by atoms with Gasteiger partial charge in [0.1, 0.15) is 23.2 Å². The summed E-state index contributed by atoms with van der Waals surface area (Å²) in [6, 6.07) is 18.8. The minimum atomic E-state index is 0.0156. The molecule has 180 valence electrons. The Morgan fingerprint density at radius 2 is 1.83 bits per heavy atom. The first kappa shape index (κ1) is 23.0. The first-order chi connectivity index (χ1) is 17.1. The molecular weight excluding hydrogens is 438 g/mol. The summed E-state index contributed by atoms with van der Waals surface area (Å²) in [5.41, 5.74) is 4.70. The van der Waals surface area contributed by atoms with E-state index in [1.807, 2.05) is 18.2 Å². The quantitative estimate of drug-likeness (QED) is 0.412.